The highest BCUT2D eigenvalue weighted by atomic mass is 127. The van der Waals surface area contributed by atoms with Crippen molar-refractivity contribution in [2.75, 3.05) is 16.7 Å². The van der Waals surface area contributed by atoms with Crippen molar-refractivity contribution in [2.45, 2.75) is 43.8 Å². The maximum Gasteiger partial charge on any atom is 0.238 e. The summed E-state index contributed by atoms with van der Waals surface area (Å²) in [5.41, 5.74) is 0. The molecule has 1 aliphatic rings. The fourth-order valence-electron chi connectivity index (χ4n) is 1.97. The average Bonchev–Trinajstić information content (AvgIpc) is 2.28. The van der Waals surface area contributed by atoms with E-state index in [1.807, 2.05) is 0 Å². The SMILES string of the molecule is O=C(NCCCCCI)C1CCCCS1(=O)=O. The predicted molar refractivity (Wildman–Crippen MR) is 77.2 cm³/mol. The van der Waals surface area contributed by atoms with E-state index in [0.29, 0.717) is 19.4 Å². The molecule has 1 atom stereocenters. The lowest BCUT2D eigenvalue weighted by Gasteiger charge is -2.21. The fourth-order valence-corrected chi connectivity index (χ4v) is 4.34. The lowest BCUT2D eigenvalue weighted by Crippen LogP contribution is -2.43. The molecule has 100 valence electrons. The summed E-state index contributed by atoms with van der Waals surface area (Å²) in [6, 6.07) is 0. The van der Waals surface area contributed by atoms with Crippen LogP contribution in [0.5, 0.6) is 0 Å². The lowest BCUT2D eigenvalue weighted by molar-refractivity contribution is -0.120. The number of carbonyl (C=O) groups is 1. The Morgan fingerprint density at radius 2 is 2.00 bits per heavy atom. The monoisotopic (exact) mass is 373 g/mol. The second-order valence-corrected chi connectivity index (χ2v) is 7.77. The highest BCUT2D eigenvalue weighted by molar-refractivity contribution is 14.1. The van der Waals surface area contributed by atoms with Gasteiger partial charge in [-0.05, 0) is 30.1 Å². The number of rotatable bonds is 6. The topological polar surface area (TPSA) is 63.2 Å². The molecule has 0 aromatic rings. The van der Waals surface area contributed by atoms with Crippen LogP contribution in [0.1, 0.15) is 38.5 Å². The first-order chi connectivity index (χ1) is 8.08. The summed E-state index contributed by atoms with van der Waals surface area (Å²) in [4.78, 5) is 11.8. The van der Waals surface area contributed by atoms with Gasteiger partial charge in [0.1, 0.15) is 5.25 Å². The summed E-state index contributed by atoms with van der Waals surface area (Å²) in [6.45, 7) is 0.599. The van der Waals surface area contributed by atoms with E-state index < -0.39 is 15.1 Å². The largest absolute Gasteiger partial charge is 0.355 e. The second-order valence-electron chi connectivity index (χ2n) is 4.39. The zero-order valence-corrected chi connectivity index (χ0v) is 12.9. The molecule has 0 aromatic carbocycles. The number of unbranched alkanes of at least 4 members (excludes halogenated alkanes) is 2. The number of halogens is 1. The molecule has 0 radical (unpaired) electrons. The molecule has 0 saturated carbocycles. The lowest BCUT2D eigenvalue weighted by atomic mass is 10.2. The first kappa shape index (κ1) is 15.2. The van der Waals surface area contributed by atoms with E-state index in [9.17, 15) is 13.2 Å². The van der Waals surface area contributed by atoms with E-state index in [-0.39, 0.29) is 11.7 Å². The Morgan fingerprint density at radius 1 is 1.24 bits per heavy atom. The van der Waals surface area contributed by atoms with Crippen LogP contribution in [-0.2, 0) is 14.6 Å². The number of nitrogens with one attached hydrogen (secondary N) is 1. The minimum absolute atomic E-state index is 0.167. The van der Waals surface area contributed by atoms with E-state index in [2.05, 4.69) is 27.9 Å². The van der Waals surface area contributed by atoms with Gasteiger partial charge in [0, 0.05) is 6.54 Å². The molecular weight excluding hydrogens is 353 g/mol. The Hall–Kier alpha value is 0.150. The molecule has 0 aliphatic carbocycles. The van der Waals surface area contributed by atoms with Crippen molar-refractivity contribution in [1.29, 1.82) is 0 Å². The van der Waals surface area contributed by atoms with Gasteiger partial charge in [0.2, 0.25) is 5.91 Å². The standard InChI is InChI=1S/C11H20INO3S/c12-7-3-1-4-8-13-11(14)10-6-2-5-9-17(10,15)16/h10H,1-9H2,(H,13,14). The smallest absolute Gasteiger partial charge is 0.238 e. The van der Waals surface area contributed by atoms with Crippen molar-refractivity contribution in [1.82, 2.24) is 5.32 Å². The van der Waals surface area contributed by atoms with Gasteiger partial charge < -0.3 is 5.32 Å². The van der Waals surface area contributed by atoms with Crippen molar-refractivity contribution >= 4 is 38.3 Å². The normalized spacial score (nSPS) is 23.2. The van der Waals surface area contributed by atoms with Gasteiger partial charge in [-0.25, -0.2) is 8.42 Å². The molecule has 1 heterocycles. The van der Waals surface area contributed by atoms with E-state index in [4.69, 9.17) is 0 Å². The zero-order chi connectivity index (χ0) is 12.7. The summed E-state index contributed by atoms with van der Waals surface area (Å²) in [5, 5.41) is 1.96. The van der Waals surface area contributed by atoms with E-state index >= 15 is 0 Å². The Bertz CT molecular complexity index is 343. The molecule has 1 unspecified atom stereocenters. The average molecular weight is 373 g/mol. The third kappa shape index (κ3) is 5.11. The summed E-state index contributed by atoms with van der Waals surface area (Å²) in [6.07, 6.45) is 5.19. The molecule has 1 saturated heterocycles. The van der Waals surface area contributed by atoms with Gasteiger partial charge >= 0.3 is 0 Å². The van der Waals surface area contributed by atoms with E-state index in [1.54, 1.807) is 0 Å². The van der Waals surface area contributed by atoms with Crippen LogP contribution in [-0.4, -0.2) is 36.3 Å². The number of carbonyl (C=O) groups excluding carboxylic acids is 1. The summed E-state index contributed by atoms with van der Waals surface area (Å²) >= 11 is 2.33. The molecule has 0 bridgehead atoms. The molecule has 1 aliphatic heterocycles. The van der Waals surface area contributed by atoms with Crippen LogP contribution in [0.25, 0.3) is 0 Å². The molecule has 0 aromatic heterocycles. The van der Waals surface area contributed by atoms with Crippen LogP contribution < -0.4 is 5.32 Å². The minimum atomic E-state index is -3.18. The molecule has 17 heavy (non-hydrogen) atoms. The molecule has 1 amide bonds. The van der Waals surface area contributed by atoms with Crippen LogP contribution in [0.3, 0.4) is 0 Å². The second kappa shape index (κ2) is 7.56. The van der Waals surface area contributed by atoms with Crippen LogP contribution >= 0.6 is 22.6 Å². The molecule has 1 N–H and O–H groups in total. The summed E-state index contributed by atoms with van der Waals surface area (Å²) in [5.74, 6) is -0.126. The molecule has 6 heteroatoms. The number of sulfone groups is 1. The van der Waals surface area contributed by atoms with Gasteiger partial charge in [0.15, 0.2) is 9.84 Å². The highest BCUT2D eigenvalue weighted by Crippen LogP contribution is 2.19. The predicted octanol–water partition coefficient (Wildman–Crippen LogP) is 1.68. The fraction of sp³-hybridized carbons (Fsp3) is 0.909. The summed E-state index contributed by atoms with van der Waals surface area (Å²) < 4.78 is 24.5. The van der Waals surface area contributed by atoms with Crippen molar-refractivity contribution < 1.29 is 13.2 Å². The van der Waals surface area contributed by atoms with Crippen LogP contribution in [0.4, 0.5) is 0 Å². The number of alkyl halides is 1. The van der Waals surface area contributed by atoms with Crippen molar-refractivity contribution in [2.24, 2.45) is 0 Å². The quantitative estimate of drug-likeness (QED) is 0.438. The van der Waals surface area contributed by atoms with Gasteiger partial charge in [0.05, 0.1) is 5.75 Å². The third-order valence-electron chi connectivity index (χ3n) is 2.98. The Labute approximate surface area is 117 Å². The Morgan fingerprint density at radius 3 is 2.65 bits per heavy atom. The first-order valence-corrected chi connectivity index (χ1v) is 9.37. The molecule has 0 spiro atoms. The van der Waals surface area contributed by atoms with Crippen molar-refractivity contribution in [3.63, 3.8) is 0 Å². The first-order valence-electron chi connectivity index (χ1n) is 6.13. The van der Waals surface area contributed by atoms with Crippen LogP contribution in [0, 0.1) is 0 Å². The van der Waals surface area contributed by atoms with Crippen LogP contribution in [0.2, 0.25) is 0 Å². The van der Waals surface area contributed by atoms with Gasteiger partial charge in [-0.2, -0.15) is 0 Å². The number of amides is 1. The van der Waals surface area contributed by atoms with E-state index in [0.717, 1.165) is 30.1 Å². The van der Waals surface area contributed by atoms with Gasteiger partial charge in [-0.15, -0.1) is 0 Å². The van der Waals surface area contributed by atoms with E-state index in [1.165, 1.54) is 0 Å². The Balaban J connectivity index is 2.31. The molecule has 4 nitrogen and oxygen atoms in total. The minimum Gasteiger partial charge on any atom is -0.355 e. The van der Waals surface area contributed by atoms with Crippen molar-refractivity contribution in [3.8, 4) is 0 Å². The maximum atomic E-state index is 11.8. The molecule has 1 fully saturated rings. The summed E-state index contributed by atoms with van der Waals surface area (Å²) in [7, 11) is -3.18. The van der Waals surface area contributed by atoms with Gasteiger partial charge in [-0.1, -0.05) is 35.4 Å². The highest BCUT2D eigenvalue weighted by Gasteiger charge is 2.34. The van der Waals surface area contributed by atoms with Gasteiger partial charge in [-0.3, -0.25) is 4.79 Å². The van der Waals surface area contributed by atoms with Crippen molar-refractivity contribution in [3.05, 3.63) is 0 Å². The molecule has 1 rings (SSSR count). The third-order valence-corrected chi connectivity index (χ3v) is 5.92. The zero-order valence-electron chi connectivity index (χ0n) is 9.95. The van der Waals surface area contributed by atoms with Gasteiger partial charge in [0.25, 0.3) is 0 Å². The maximum absolute atomic E-state index is 11.8. The van der Waals surface area contributed by atoms with Crippen LogP contribution in [0.15, 0.2) is 0 Å². The number of hydrogen-bond donors (Lipinski definition) is 1. The molecular formula is C11H20INO3S. The Kier molecular flexibility index (Phi) is 6.76. The number of hydrogen-bond acceptors (Lipinski definition) is 3.